The molecule has 1 N–H and O–H groups in total. The molecule has 0 fully saturated rings. The van der Waals surface area contributed by atoms with E-state index in [0.717, 1.165) is 31.5 Å². The third kappa shape index (κ3) is 5.50. The molecule has 0 aromatic heterocycles. The molecule has 1 nitrogen and oxygen atoms in total. The summed E-state index contributed by atoms with van der Waals surface area (Å²) in [7, 11) is 0. The molecule has 0 aliphatic rings. The molecule has 3 heteroatoms. The summed E-state index contributed by atoms with van der Waals surface area (Å²) in [5, 5.41) is 3.90. The molecule has 0 saturated carbocycles. The van der Waals surface area contributed by atoms with E-state index in [9.17, 15) is 4.39 Å². The Bertz CT molecular complexity index is 398. The fourth-order valence-electron chi connectivity index (χ4n) is 2.09. The molecule has 0 aliphatic carbocycles. The van der Waals surface area contributed by atoms with E-state index in [0.29, 0.717) is 10.9 Å². The van der Waals surface area contributed by atoms with Crippen LogP contribution in [0.15, 0.2) is 18.2 Å². The van der Waals surface area contributed by atoms with Crippen molar-refractivity contribution >= 4 is 11.6 Å². The topological polar surface area (TPSA) is 12.0 Å². The van der Waals surface area contributed by atoms with Gasteiger partial charge in [-0.3, -0.25) is 0 Å². The number of hydrogen-bond donors (Lipinski definition) is 1. The molecule has 0 aliphatic heterocycles. The zero-order valence-electron chi connectivity index (χ0n) is 12.4. The Labute approximate surface area is 121 Å². The molecule has 1 aromatic carbocycles. The fourth-order valence-corrected chi connectivity index (χ4v) is 2.25. The van der Waals surface area contributed by atoms with Crippen LogP contribution >= 0.6 is 11.6 Å². The van der Waals surface area contributed by atoms with Gasteiger partial charge in [0.1, 0.15) is 5.82 Å². The third-order valence-corrected chi connectivity index (χ3v) is 3.76. The predicted molar refractivity (Wildman–Crippen MR) is 81.2 cm³/mol. The fraction of sp³-hybridized carbons (Fsp3) is 0.625. The normalized spacial score (nSPS) is 13.6. The monoisotopic (exact) mass is 285 g/mol. The lowest BCUT2D eigenvalue weighted by molar-refractivity contribution is 0.229. The van der Waals surface area contributed by atoms with Gasteiger partial charge in [-0.1, -0.05) is 45.4 Å². The van der Waals surface area contributed by atoms with Crippen LogP contribution in [0.25, 0.3) is 0 Å². The largest absolute Gasteiger partial charge is 0.316 e. The summed E-state index contributed by atoms with van der Waals surface area (Å²) in [4.78, 5) is 0. The van der Waals surface area contributed by atoms with E-state index >= 15 is 0 Å². The van der Waals surface area contributed by atoms with Crippen LogP contribution in [-0.4, -0.2) is 13.1 Å². The Hall–Kier alpha value is -0.600. The summed E-state index contributed by atoms with van der Waals surface area (Å²) in [5.74, 6) is 0.201. The second-order valence-electron chi connectivity index (χ2n) is 6.21. The maximum atomic E-state index is 13.9. The first-order valence-electron chi connectivity index (χ1n) is 6.99. The molecule has 1 unspecified atom stereocenters. The lowest BCUT2D eigenvalue weighted by atomic mass is 9.77. The van der Waals surface area contributed by atoms with Crippen molar-refractivity contribution in [1.82, 2.24) is 5.32 Å². The maximum absolute atomic E-state index is 13.9. The number of nitrogens with one attached hydrogen (secondary N) is 1. The Balaban J connectivity index is 2.76. The van der Waals surface area contributed by atoms with Gasteiger partial charge in [-0.2, -0.15) is 0 Å². The Morgan fingerprint density at radius 3 is 2.53 bits per heavy atom. The van der Waals surface area contributed by atoms with Crippen LogP contribution in [0.4, 0.5) is 4.39 Å². The molecule has 1 aromatic rings. The molecule has 0 amide bonds. The molecule has 108 valence electrons. The molecule has 0 heterocycles. The van der Waals surface area contributed by atoms with Crippen molar-refractivity contribution in [2.24, 2.45) is 11.3 Å². The number of hydrogen-bond acceptors (Lipinski definition) is 1. The smallest absolute Gasteiger partial charge is 0.127 e. The van der Waals surface area contributed by atoms with Gasteiger partial charge in [-0.05, 0) is 55.0 Å². The Morgan fingerprint density at radius 1 is 1.32 bits per heavy atom. The Kier molecular flexibility index (Phi) is 6.28. The van der Waals surface area contributed by atoms with Crippen molar-refractivity contribution < 1.29 is 4.39 Å². The molecular weight excluding hydrogens is 261 g/mol. The second kappa shape index (κ2) is 7.25. The van der Waals surface area contributed by atoms with Gasteiger partial charge in [0.25, 0.3) is 0 Å². The van der Waals surface area contributed by atoms with Crippen LogP contribution in [0.3, 0.4) is 0 Å². The van der Waals surface area contributed by atoms with Gasteiger partial charge in [0.2, 0.25) is 0 Å². The SMILES string of the molecule is CCCNCC(Cc1ccc(Cl)cc1F)C(C)(C)C. The van der Waals surface area contributed by atoms with Crippen LogP contribution < -0.4 is 5.32 Å². The van der Waals surface area contributed by atoms with E-state index in [1.165, 1.54) is 6.07 Å². The van der Waals surface area contributed by atoms with Crippen LogP contribution in [0, 0.1) is 17.2 Å². The molecular formula is C16H25ClFN. The van der Waals surface area contributed by atoms with Gasteiger partial charge in [0.05, 0.1) is 0 Å². The van der Waals surface area contributed by atoms with Crippen LogP contribution in [0.1, 0.15) is 39.7 Å². The van der Waals surface area contributed by atoms with Gasteiger partial charge in [0, 0.05) is 5.02 Å². The molecule has 0 saturated heterocycles. The minimum Gasteiger partial charge on any atom is -0.316 e. The van der Waals surface area contributed by atoms with E-state index in [-0.39, 0.29) is 11.2 Å². The molecule has 19 heavy (non-hydrogen) atoms. The van der Waals surface area contributed by atoms with E-state index in [4.69, 9.17) is 11.6 Å². The molecule has 1 rings (SSSR count). The second-order valence-corrected chi connectivity index (χ2v) is 6.64. The quantitative estimate of drug-likeness (QED) is 0.748. The molecule has 0 radical (unpaired) electrons. The molecule has 0 bridgehead atoms. The predicted octanol–water partition coefficient (Wildman–Crippen LogP) is 4.68. The van der Waals surface area contributed by atoms with E-state index < -0.39 is 0 Å². The summed E-state index contributed by atoms with van der Waals surface area (Å²) in [6, 6.07) is 4.96. The summed E-state index contributed by atoms with van der Waals surface area (Å²) >= 11 is 5.79. The highest BCUT2D eigenvalue weighted by Gasteiger charge is 2.25. The van der Waals surface area contributed by atoms with Gasteiger partial charge >= 0.3 is 0 Å². The van der Waals surface area contributed by atoms with Crippen molar-refractivity contribution in [3.05, 3.63) is 34.6 Å². The van der Waals surface area contributed by atoms with Gasteiger partial charge in [-0.25, -0.2) is 4.39 Å². The van der Waals surface area contributed by atoms with Crippen molar-refractivity contribution in [3.8, 4) is 0 Å². The summed E-state index contributed by atoms with van der Waals surface area (Å²) in [6.07, 6.45) is 1.86. The minimum absolute atomic E-state index is 0.146. The lowest BCUT2D eigenvalue weighted by Crippen LogP contribution is -2.34. The first kappa shape index (κ1) is 16.5. The van der Waals surface area contributed by atoms with Crippen molar-refractivity contribution in [1.29, 1.82) is 0 Å². The lowest BCUT2D eigenvalue weighted by Gasteiger charge is -2.31. The summed E-state index contributed by atoms with van der Waals surface area (Å²) in [6.45, 7) is 10.7. The average molecular weight is 286 g/mol. The zero-order chi connectivity index (χ0) is 14.5. The van der Waals surface area contributed by atoms with Crippen LogP contribution in [0.5, 0.6) is 0 Å². The van der Waals surface area contributed by atoms with Gasteiger partial charge < -0.3 is 5.32 Å². The van der Waals surface area contributed by atoms with E-state index in [1.807, 2.05) is 0 Å². The highest BCUT2D eigenvalue weighted by molar-refractivity contribution is 6.30. The summed E-state index contributed by atoms with van der Waals surface area (Å²) in [5.41, 5.74) is 0.898. The maximum Gasteiger partial charge on any atom is 0.127 e. The third-order valence-electron chi connectivity index (χ3n) is 3.52. The van der Waals surface area contributed by atoms with Crippen LogP contribution in [-0.2, 0) is 6.42 Å². The van der Waals surface area contributed by atoms with Gasteiger partial charge in [0.15, 0.2) is 0 Å². The molecule has 1 atom stereocenters. The number of halogens is 2. The van der Waals surface area contributed by atoms with E-state index in [2.05, 4.69) is 33.0 Å². The van der Waals surface area contributed by atoms with Crippen LogP contribution in [0.2, 0.25) is 5.02 Å². The minimum atomic E-state index is -0.197. The first-order chi connectivity index (χ1) is 8.84. The van der Waals surface area contributed by atoms with Crippen molar-refractivity contribution in [2.45, 2.75) is 40.5 Å². The summed E-state index contributed by atoms with van der Waals surface area (Å²) < 4.78 is 13.9. The Morgan fingerprint density at radius 2 is 2.00 bits per heavy atom. The number of rotatable bonds is 6. The highest BCUT2D eigenvalue weighted by Crippen LogP contribution is 2.30. The van der Waals surface area contributed by atoms with Gasteiger partial charge in [-0.15, -0.1) is 0 Å². The highest BCUT2D eigenvalue weighted by atomic mass is 35.5. The average Bonchev–Trinajstić information content (AvgIpc) is 2.29. The van der Waals surface area contributed by atoms with E-state index in [1.54, 1.807) is 12.1 Å². The molecule has 0 spiro atoms. The number of benzene rings is 1. The van der Waals surface area contributed by atoms with Crippen molar-refractivity contribution in [3.63, 3.8) is 0 Å². The standard InChI is InChI=1S/C16H25ClFN/c1-5-8-19-11-13(16(2,3)4)9-12-6-7-14(17)10-15(12)18/h6-7,10,13,19H,5,8-9,11H2,1-4H3. The first-order valence-corrected chi connectivity index (χ1v) is 7.37. The zero-order valence-corrected chi connectivity index (χ0v) is 13.1. The van der Waals surface area contributed by atoms with Crippen molar-refractivity contribution in [2.75, 3.05) is 13.1 Å².